The van der Waals surface area contributed by atoms with Gasteiger partial charge < -0.3 is 9.84 Å². The summed E-state index contributed by atoms with van der Waals surface area (Å²) in [5.74, 6) is -0.426. The Hall–Kier alpha value is -2.07. The van der Waals surface area contributed by atoms with Gasteiger partial charge in [-0.2, -0.15) is 0 Å². The van der Waals surface area contributed by atoms with E-state index in [0.717, 1.165) is 11.5 Å². The van der Waals surface area contributed by atoms with Gasteiger partial charge in [-0.3, -0.25) is 0 Å². The number of hydrogen-bond donors (Lipinski definition) is 1. The summed E-state index contributed by atoms with van der Waals surface area (Å²) in [6.07, 6.45) is 2.47. The highest BCUT2D eigenvalue weighted by atomic mass is 35.5. The fourth-order valence-corrected chi connectivity index (χ4v) is 1.78. The summed E-state index contributed by atoms with van der Waals surface area (Å²) in [6, 6.07) is 7.04. The third-order valence-electron chi connectivity index (χ3n) is 2.38. The number of fused-ring (bicyclic) bond motifs is 1. The molecular formula is C13H10ClNO3. The van der Waals surface area contributed by atoms with Crippen molar-refractivity contribution in [2.75, 3.05) is 7.11 Å². The first-order valence-electron chi connectivity index (χ1n) is 5.15. The molecule has 4 nitrogen and oxygen atoms in total. The van der Waals surface area contributed by atoms with E-state index in [1.165, 1.54) is 6.08 Å². The molecule has 1 N–H and O–H groups in total. The number of ether oxygens (including phenoxy) is 1. The standard InChI is InChI=1S/C13H10ClNO3/c1-18-12-6-8-2-3-9(4-5-13(16)17)15-11(8)7-10(12)14/h2-7H,1H3,(H,16,17)/b5-4+. The van der Waals surface area contributed by atoms with Crippen molar-refractivity contribution in [2.45, 2.75) is 0 Å². The first kappa shape index (κ1) is 12.4. The largest absolute Gasteiger partial charge is 0.495 e. The molecule has 0 aliphatic rings. The minimum atomic E-state index is -1.01. The van der Waals surface area contributed by atoms with Crippen LogP contribution in [0.25, 0.3) is 17.0 Å². The Bertz CT molecular complexity index is 637. The van der Waals surface area contributed by atoms with Crippen molar-refractivity contribution in [3.05, 3.63) is 41.1 Å². The normalized spacial score (nSPS) is 11.0. The second-order valence-corrected chi connectivity index (χ2v) is 3.99. The minimum absolute atomic E-state index is 0.469. The van der Waals surface area contributed by atoms with Crippen LogP contribution in [0.15, 0.2) is 30.3 Å². The molecule has 0 saturated carbocycles. The third-order valence-corrected chi connectivity index (χ3v) is 2.68. The Morgan fingerprint density at radius 3 is 2.89 bits per heavy atom. The number of carboxylic acids is 1. The van der Waals surface area contributed by atoms with Crippen molar-refractivity contribution in [3.63, 3.8) is 0 Å². The lowest BCUT2D eigenvalue weighted by molar-refractivity contribution is -0.131. The van der Waals surface area contributed by atoms with Gasteiger partial charge in [-0.25, -0.2) is 9.78 Å². The summed E-state index contributed by atoms with van der Waals surface area (Å²) in [5, 5.41) is 9.90. The van der Waals surface area contributed by atoms with Gasteiger partial charge in [0, 0.05) is 11.5 Å². The van der Waals surface area contributed by atoms with E-state index in [0.29, 0.717) is 22.0 Å². The number of carbonyl (C=O) groups is 1. The molecule has 0 bridgehead atoms. The predicted octanol–water partition coefficient (Wildman–Crippen LogP) is 2.99. The van der Waals surface area contributed by atoms with Crippen molar-refractivity contribution in [3.8, 4) is 5.75 Å². The van der Waals surface area contributed by atoms with Gasteiger partial charge in [0.2, 0.25) is 0 Å². The molecular weight excluding hydrogens is 254 g/mol. The minimum Gasteiger partial charge on any atom is -0.495 e. The molecule has 0 aliphatic heterocycles. The third kappa shape index (κ3) is 2.60. The first-order chi connectivity index (χ1) is 8.60. The number of methoxy groups -OCH3 is 1. The van der Waals surface area contributed by atoms with Crippen LogP contribution in [0.1, 0.15) is 5.69 Å². The van der Waals surface area contributed by atoms with Gasteiger partial charge in [-0.1, -0.05) is 17.7 Å². The van der Waals surface area contributed by atoms with E-state index in [9.17, 15) is 4.79 Å². The molecule has 0 fully saturated rings. The number of benzene rings is 1. The highest BCUT2D eigenvalue weighted by molar-refractivity contribution is 6.32. The van der Waals surface area contributed by atoms with E-state index in [1.807, 2.05) is 6.07 Å². The number of nitrogens with zero attached hydrogens (tertiary/aromatic N) is 1. The van der Waals surface area contributed by atoms with Crippen LogP contribution < -0.4 is 4.74 Å². The van der Waals surface area contributed by atoms with Gasteiger partial charge in [0.15, 0.2) is 0 Å². The van der Waals surface area contributed by atoms with Crippen LogP contribution in [0.3, 0.4) is 0 Å². The molecule has 92 valence electrons. The Labute approximate surface area is 108 Å². The molecule has 0 amide bonds. The highest BCUT2D eigenvalue weighted by Gasteiger charge is 2.04. The van der Waals surface area contributed by atoms with Crippen LogP contribution in [0.4, 0.5) is 0 Å². The fourth-order valence-electron chi connectivity index (χ4n) is 1.55. The summed E-state index contributed by atoms with van der Waals surface area (Å²) < 4.78 is 5.11. The SMILES string of the molecule is COc1cc2ccc(/C=C/C(=O)O)nc2cc1Cl. The number of rotatable bonds is 3. The van der Waals surface area contributed by atoms with Crippen LogP contribution in [0.5, 0.6) is 5.75 Å². The van der Waals surface area contributed by atoms with E-state index in [-0.39, 0.29) is 0 Å². The van der Waals surface area contributed by atoms with E-state index >= 15 is 0 Å². The molecule has 1 aromatic heterocycles. The molecule has 18 heavy (non-hydrogen) atoms. The fraction of sp³-hybridized carbons (Fsp3) is 0.0769. The number of halogens is 1. The molecule has 1 aromatic carbocycles. The molecule has 1 heterocycles. The van der Waals surface area contributed by atoms with E-state index < -0.39 is 5.97 Å². The first-order valence-corrected chi connectivity index (χ1v) is 5.53. The van der Waals surface area contributed by atoms with Gasteiger partial charge in [-0.05, 0) is 24.3 Å². The molecule has 0 aliphatic carbocycles. The monoisotopic (exact) mass is 263 g/mol. The van der Waals surface area contributed by atoms with Crippen LogP contribution in [0, 0.1) is 0 Å². The molecule has 2 aromatic rings. The topological polar surface area (TPSA) is 59.4 Å². The number of carboxylic acid groups (broad SMARTS) is 1. The van der Waals surface area contributed by atoms with Crippen molar-refractivity contribution in [2.24, 2.45) is 0 Å². The van der Waals surface area contributed by atoms with Crippen molar-refractivity contribution in [1.82, 2.24) is 4.98 Å². The van der Waals surface area contributed by atoms with Crippen molar-refractivity contribution in [1.29, 1.82) is 0 Å². The average molecular weight is 264 g/mol. The lowest BCUT2D eigenvalue weighted by Gasteiger charge is -2.05. The highest BCUT2D eigenvalue weighted by Crippen LogP contribution is 2.29. The maximum atomic E-state index is 10.4. The molecule has 0 spiro atoms. The molecule has 0 radical (unpaired) electrons. The van der Waals surface area contributed by atoms with Gasteiger partial charge >= 0.3 is 5.97 Å². The maximum Gasteiger partial charge on any atom is 0.328 e. The zero-order valence-electron chi connectivity index (χ0n) is 9.55. The molecule has 0 saturated heterocycles. The summed E-state index contributed by atoms with van der Waals surface area (Å²) in [6.45, 7) is 0. The summed E-state index contributed by atoms with van der Waals surface area (Å²) in [7, 11) is 1.55. The number of aliphatic carboxylic acids is 1. The van der Waals surface area contributed by atoms with Gasteiger partial charge in [0.05, 0.1) is 23.3 Å². The second-order valence-electron chi connectivity index (χ2n) is 3.59. The van der Waals surface area contributed by atoms with E-state index in [1.54, 1.807) is 25.3 Å². The number of pyridine rings is 1. The molecule has 0 atom stereocenters. The predicted molar refractivity (Wildman–Crippen MR) is 70.0 cm³/mol. The summed E-state index contributed by atoms with van der Waals surface area (Å²) in [5.41, 5.74) is 1.25. The molecule has 5 heteroatoms. The zero-order valence-corrected chi connectivity index (χ0v) is 10.3. The van der Waals surface area contributed by atoms with Crippen LogP contribution in [-0.2, 0) is 4.79 Å². The van der Waals surface area contributed by atoms with Gasteiger partial charge in [-0.15, -0.1) is 0 Å². The molecule has 2 rings (SSSR count). The lowest BCUT2D eigenvalue weighted by Crippen LogP contribution is -1.89. The van der Waals surface area contributed by atoms with Gasteiger partial charge in [0.1, 0.15) is 5.75 Å². The smallest absolute Gasteiger partial charge is 0.328 e. The van der Waals surface area contributed by atoms with E-state index in [2.05, 4.69) is 4.98 Å². The van der Waals surface area contributed by atoms with Crippen molar-refractivity contribution >= 4 is 34.5 Å². The number of hydrogen-bond acceptors (Lipinski definition) is 3. The zero-order chi connectivity index (χ0) is 13.1. The Morgan fingerprint density at radius 1 is 1.44 bits per heavy atom. The average Bonchev–Trinajstić information content (AvgIpc) is 2.35. The Kier molecular flexibility index (Phi) is 3.48. The Balaban J connectivity index is 2.49. The quantitative estimate of drug-likeness (QED) is 0.865. The number of aromatic nitrogens is 1. The van der Waals surface area contributed by atoms with Crippen LogP contribution in [-0.4, -0.2) is 23.2 Å². The van der Waals surface area contributed by atoms with E-state index in [4.69, 9.17) is 21.4 Å². The molecule has 0 unspecified atom stereocenters. The maximum absolute atomic E-state index is 10.4. The Morgan fingerprint density at radius 2 is 2.22 bits per heavy atom. The van der Waals surface area contributed by atoms with Crippen LogP contribution in [0.2, 0.25) is 5.02 Å². The van der Waals surface area contributed by atoms with Gasteiger partial charge in [0.25, 0.3) is 0 Å². The lowest BCUT2D eigenvalue weighted by atomic mass is 10.2. The summed E-state index contributed by atoms with van der Waals surface area (Å²) >= 11 is 6.01. The second kappa shape index (κ2) is 5.06. The summed E-state index contributed by atoms with van der Waals surface area (Å²) in [4.78, 5) is 14.7. The van der Waals surface area contributed by atoms with Crippen molar-refractivity contribution < 1.29 is 14.6 Å². The van der Waals surface area contributed by atoms with Crippen LogP contribution >= 0.6 is 11.6 Å².